The van der Waals surface area contributed by atoms with E-state index in [0.717, 1.165) is 0 Å². The van der Waals surface area contributed by atoms with E-state index in [2.05, 4.69) is 59.2 Å². The smallest absolute Gasteiger partial charge is 0.189 e. The zero-order valence-corrected chi connectivity index (χ0v) is 13.9. The molecule has 6 atom stereocenters. The molecule has 1 rings (SSSR count). The average molecular weight is 358 g/mol. The van der Waals surface area contributed by atoms with Crippen molar-refractivity contribution in [1.82, 2.24) is 0 Å². The molecule has 0 spiro atoms. The molecule has 1 saturated heterocycles. The second-order valence-electron chi connectivity index (χ2n) is 4.92. The van der Waals surface area contributed by atoms with E-state index in [-0.39, 0.29) is 6.42 Å². The van der Waals surface area contributed by atoms with E-state index in [1.54, 1.807) is 6.92 Å². The molecule has 0 aromatic rings. The Morgan fingerprint density at radius 3 is 2.04 bits per heavy atom. The Bertz CT molecular complexity index is 761. The van der Waals surface area contributed by atoms with Gasteiger partial charge in [0, 0.05) is 0 Å². The second-order valence-corrected chi connectivity index (χ2v) is 4.92. The summed E-state index contributed by atoms with van der Waals surface area (Å²) in [5.41, 5.74) is 0. The highest BCUT2D eigenvalue weighted by Crippen LogP contribution is 2.22. The van der Waals surface area contributed by atoms with Crippen molar-refractivity contribution in [3.63, 3.8) is 0 Å². The molecule has 1 unspecified atom stereocenters. The normalized spacial score (nSPS) is 27.4. The zero-order chi connectivity index (χ0) is 19.4. The lowest BCUT2D eigenvalue weighted by atomic mass is 9.99. The van der Waals surface area contributed by atoms with Crippen molar-refractivity contribution in [2.75, 3.05) is 6.61 Å². The highest BCUT2D eigenvalue weighted by molar-refractivity contribution is 5.42. The molecule has 1 heterocycles. The van der Waals surface area contributed by atoms with Crippen LogP contribution in [0.2, 0.25) is 0 Å². The molecule has 5 N–H and O–H groups in total. The van der Waals surface area contributed by atoms with Gasteiger partial charge in [-0.15, -0.1) is 0 Å². The minimum absolute atomic E-state index is 0.150. The van der Waals surface area contributed by atoms with Gasteiger partial charge in [-0.05, 0) is 54.3 Å². The van der Waals surface area contributed by atoms with Crippen LogP contribution in [0.15, 0.2) is 0 Å². The van der Waals surface area contributed by atoms with Crippen LogP contribution in [-0.4, -0.2) is 69.1 Å². The third-order valence-electron chi connectivity index (χ3n) is 3.07. The summed E-state index contributed by atoms with van der Waals surface area (Å²) >= 11 is 0. The van der Waals surface area contributed by atoms with Gasteiger partial charge >= 0.3 is 0 Å². The molecule has 0 bridgehead atoms. The topological polar surface area (TPSA) is 120 Å². The van der Waals surface area contributed by atoms with Gasteiger partial charge in [-0.2, -0.15) is 0 Å². The van der Waals surface area contributed by atoms with E-state index in [0.29, 0.717) is 0 Å². The number of ether oxygens (including phenoxy) is 2. The Morgan fingerprint density at radius 2 is 1.46 bits per heavy atom. The van der Waals surface area contributed by atoms with Crippen LogP contribution in [0, 0.1) is 59.2 Å². The molecule has 7 nitrogen and oxygen atoms in total. The van der Waals surface area contributed by atoms with Crippen LogP contribution >= 0.6 is 0 Å². The Hall–Kier alpha value is -2.48. The predicted octanol–water partition coefficient (Wildman–Crippen LogP) is -2.45. The third kappa shape index (κ3) is 7.18. The fourth-order valence-electron chi connectivity index (χ4n) is 1.82. The number of hydrogen-bond donors (Lipinski definition) is 5. The second kappa shape index (κ2) is 12.0. The fourth-order valence-corrected chi connectivity index (χ4v) is 1.82. The predicted molar refractivity (Wildman–Crippen MR) is 90.0 cm³/mol. The number of aliphatic hydroxyl groups excluding tert-OH is 5. The zero-order valence-electron chi connectivity index (χ0n) is 13.9. The van der Waals surface area contributed by atoms with Crippen molar-refractivity contribution in [2.24, 2.45) is 0 Å². The first kappa shape index (κ1) is 21.6. The molecular weight excluding hydrogens is 340 g/mol. The van der Waals surface area contributed by atoms with Crippen molar-refractivity contribution in [2.45, 2.75) is 50.3 Å². The molecule has 1 aliphatic rings. The van der Waals surface area contributed by atoms with E-state index < -0.39 is 43.6 Å². The lowest BCUT2D eigenvalue weighted by Crippen LogP contribution is -2.59. The average Bonchev–Trinajstić information content (AvgIpc) is 2.63. The van der Waals surface area contributed by atoms with Crippen LogP contribution in [0.1, 0.15) is 13.3 Å². The van der Waals surface area contributed by atoms with Gasteiger partial charge in [-0.1, -0.05) is 11.8 Å². The summed E-state index contributed by atoms with van der Waals surface area (Å²) in [6.07, 6.45) is -8.80. The van der Waals surface area contributed by atoms with Gasteiger partial charge in [-0.25, -0.2) is 0 Å². The van der Waals surface area contributed by atoms with E-state index in [1.807, 2.05) is 0 Å². The van der Waals surface area contributed by atoms with E-state index in [4.69, 9.17) is 14.6 Å². The molecule has 1 aliphatic heterocycles. The summed E-state index contributed by atoms with van der Waals surface area (Å²) in [6.45, 7) is 1.07. The van der Waals surface area contributed by atoms with E-state index in [1.165, 1.54) is 0 Å². The Labute approximate surface area is 151 Å². The highest BCUT2D eigenvalue weighted by atomic mass is 16.7. The van der Waals surface area contributed by atoms with E-state index in [9.17, 15) is 20.4 Å². The summed E-state index contributed by atoms with van der Waals surface area (Å²) in [5, 5.41) is 47.8. The van der Waals surface area contributed by atoms with Gasteiger partial charge < -0.3 is 35.0 Å². The summed E-state index contributed by atoms with van der Waals surface area (Å²) < 4.78 is 10.1. The van der Waals surface area contributed by atoms with Crippen molar-refractivity contribution in [3.05, 3.63) is 0 Å². The van der Waals surface area contributed by atoms with Gasteiger partial charge in [0.1, 0.15) is 24.4 Å². The molecule has 0 aromatic carbocycles. The van der Waals surface area contributed by atoms with Crippen molar-refractivity contribution in [1.29, 1.82) is 0 Å². The van der Waals surface area contributed by atoms with Gasteiger partial charge in [-0.3, -0.25) is 0 Å². The Balaban J connectivity index is 2.49. The summed E-state index contributed by atoms with van der Waals surface area (Å²) in [4.78, 5) is 0. The largest absolute Gasteiger partial charge is 0.394 e. The molecule has 0 aliphatic carbocycles. The molecule has 0 amide bonds. The Morgan fingerprint density at radius 1 is 0.885 bits per heavy atom. The maximum Gasteiger partial charge on any atom is 0.189 e. The molecular formula is C19H18O7. The minimum atomic E-state index is -1.59. The van der Waals surface area contributed by atoms with Crippen molar-refractivity contribution in [3.8, 4) is 59.2 Å². The number of rotatable bonds is 4. The van der Waals surface area contributed by atoms with Crippen LogP contribution in [0.5, 0.6) is 0 Å². The molecule has 136 valence electrons. The number of hydrogen-bond acceptors (Lipinski definition) is 7. The molecule has 0 radical (unpaired) electrons. The van der Waals surface area contributed by atoms with Gasteiger partial charge in [0.25, 0.3) is 0 Å². The first-order valence-electron chi connectivity index (χ1n) is 7.55. The maximum absolute atomic E-state index is 9.77. The fraction of sp³-hybridized carbons (Fsp3) is 0.474. The first-order chi connectivity index (χ1) is 12.5. The van der Waals surface area contributed by atoms with E-state index >= 15 is 0 Å². The molecule has 1 fully saturated rings. The molecule has 0 aromatic heterocycles. The Kier molecular flexibility index (Phi) is 9.93. The number of aliphatic hydroxyl groups is 5. The SMILES string of the molecule is CC#CC#CC#CC#CC#CCC(O)O[C@@H]1O[C@H](CO)[C@@H](O)[C@H](O)[C@H]1O. The molecule has 7 heteroatoms. The third-order valence-corrected chi connectivity index (χ3v) is 3.07. The van der Waals surface area contributed by atoms with Crippen LogP contribution in [-0.2, 0) is 9.47 Å². The van der Waals surface area contributed by atoms with Gasteiger partial charge in [0.2, 0.25) is 0 Å². The first-order valence-corrected chi connectivity index (χ1v) is 7.55. The van der Waals surface area contributed by atoms with Crippen molar-refractivity contribution < 1.29 is 35.0 Å². The maximum atomic E-state index is 9.77. The van der Waals surface area contributed by atoms with Crippen molar-refractivity contribution >= 4 is 0 Å². The quantitative estimate of drug-likeness (QED) is 0.280. The summed E-state index contributed by atoms with van der Waals surface area (Å²) in [6, 6.07) is 0. The van der Waals surface area contributed by atoms with Gasteiger partial charge in [0.15, 0.2) is 12.6 Å². The van der Waals surface area contributed by atoms with Crippen LogP contribution < -0.4 is 0 Å². The standard InChI is InChI=1S/C19H18O7/c1-2-3-4-5-6-7-8-9-10-11-12-15(21)26-19-18(24)17(23)16(22)14(13-20)25-19/h14-24H,12-13H2,1H3/t14-,15?,16-,17+,18-,19+/m1/s1. The van der Waals surface area contributed by atoms with Gasteiger partial charge in [0.05, 0.1) is 13.0 Å². The lowest BCUT2D eigenvalue weighted by molar-refractivity contribution is -0.330. The van der Waals surface area contributed by atoms with Crippen LogP contribution in [0.4, 0.5) is 0 Å². The van der Waals surface area contributed by atoms with Crippen LogP contribution in [0.25, 0.3) is 0 Å². The van der Waals surface area contributed by atoms with Crippen LogP contribution in [0.3, 0.4) is 0 Å². The monoisotopic (exact) mass is 358 g/mol. The molecule has 26 heavy (non-hydrogen) atoms. The minimum Gasteiger partial charge on any atom is -0.394 e. The highest BCUT2D eigenvalue weighted by Gasteiger charge is 2.44. The lowest BCUT2D eigenvalue weighted by Gasteiger charge is -2.40. The summed E-state index contributed by atoms with van der Waals surface area (Å²) in [7, 11) is 0. The summed E-state index contributed by atoms with van der Waals surface area (Å²) in [5.74, 6) is 24.8. The molecule has 0 saturated carbocycles.